The van der Waals surface area contributed by atoms with Gasteiger partial charge in [-0.15, -0.1) is 0 Å². The molecule has 3 rings (SSSR count). The highest BCUT2D eigenvalue weighted by Gasteiger charge is 2.20. The number of aryl methyl sites for hydroxylation is 1. The van der Waals surface area contributed by atoms with Gasteiger partial charge in [0, 0.05) is 56.4 Å². The number of hydrogen-bond acceptors (Lipinski definition) is 5. The van der Waals surface area contributed by atoms with Crippen molar-refractivity contribution in [1.82, 2.24) is 29.9 Å². The minimum absolute atomic E-state index is 0.0525. The van der Waals surface area contributed by atoms with Crippen LogP contribution in [-0.2, 0) is 7.05 Å². The first kappa shape index (κ1) is 19.5. The van der Waals surface area contributed by atoms with Gasteiger partial charge in [-0.3, -0.25) is 14.5 Å². The molecule has 2 aromatic rings. The lowest BCUT2D eigenvalue weighted by atomic mass is 9.96. The van der Waals surface area contributed by atoms with Crippen molar-refractivity contribution in [2.24, 2.45) is 13.0 Å². The van der Waals surface area contributed by atoms with E-state index < -0.39 is 0 Å². The SMILES string of the molecule is CN(C)CCN1CCC(CNC(=O)c2cncc(-c3cnn(C)c3)c2)CC1. The highest BCUT2D eigenvalue weighted by molar-refractivity contribution is 5.95. The number of nitrogens with one attached hydrogen (secondary N) is 1. The number of carbonyl (C=O) groups excluding carboxylic acids is 1. The van der Waals surface area contributed by atoms with Crippen molar-refractivity contribution >= 4 is 5.91 Å². The Hall–Kier alpha value is -2.25. The summed E-state index contributed by atoms with van der Waals surface area (Å²) in [5.74, 6) is 0.502. The number of pyridine rings is 1. The number of rotatable bonds is 7. The van der Waals surface area contributed by atoms with Crippen molar-refractivity contribution in [2.45, 2.75) is 12.8 Å². The predicted molar refractivity (Wildman–Crippen MR) is 106 cm³/mol. The van der Waals surface area contributed by atoms with E-state index in [2.05, 4.69) is 39.3 Å². The van der Waals surface area contributed by atoms with Gasteiger partial charge < -0.3 is 15.1 Å². The van der Waals surface area contributed by atoms with Gasteiger partial charge in [-0.1, -0.05) is 0 Å². The maximum Gasteiger partial charge on any atom is 0.252 e. The Bertz CT molecular complexity index is 748. The number of likely N-dealkylation sites (N-methyl/N-ethyl adjacent to an activating group) is 1. The second kappa shape index (κ2) is 9.10. The molecule has 0 aliphatic carbocycles. The molecule has 1 aliphatic rings. The van der Waals surface area contributed by atoms with Gasteiger partial charge in [-0.25, -0.2) is 0 Å². The van der Waals surface area contributed by atoms with E-state index in [9.17, 15) is 4.79 Å². The molecule has 0 unspecified atom stereocenters. The molecule has 2 aromatic heterocycles. The molecule has 7 heteroatoms. The van der Waals surface area contributed by atoms with Gasteiger partial charge in [0.15, 0.2) is 0 Å². The average molecular weight is 371 g/mol. The van der Waals surface area contributed by atoms with Crippen LogP contribution in [0.5, 0.6) is 0 Å². The third kappa shape index (κ3) is 5.61. The number of hydrogen-bond donors (Lipinski definition) is 1. The molecular weight excluding hydrogens is 340 g/mol. The zero-order valence-corrected chi connectivity index (χ0v) is 16.6. The summed E-state index contributed by atoms with van der Waals surface area (Å²) in [4.78, 5) is 21.5. The summed E-state index contributed by atoms with van der Waals surface area (Å²) in [5, 5.41) is 7.27. The van der Waals surface area contributed by atoms with Gasteiger partial charge in [0.1, 0.15) is 0 Å². The molecule has 1 amide bonds. The van der Waals surface area contributed by atoms with Crippen LogP contribution in [0.25, 0.3) is 11.1 Å². The van der Waals surface area contributed by atoms with Crippen molar-refractivity contribution in [2.75, 3.05) is 46.8 Å². The molecule has 0 aromatic carbocycles. The van der Waals surface area contributed by atoms with Gasteiger partial charge in [-0.05, 0) is 52.0 Å². The van der Waals surface area contributed by atoms with E-state index in [0.717, 1.165) is 56.7 Å². The lowest BCUT2D eigenvalue weighted by molar-refractivity contribution is 0.0934. The zero-order valence-electron chi connectivity index (χ0n) is 16.6. The summed E-state index contributed by atoms with van der Waals surface area (Å²) >= 11 is 0. The molecule has 1 N–H and O–H groups in total. The fraction of sp³-hybridized carbons (Fsp3) is 0.550. The van der Waals surface area contributed by atoms with Gasteiger partial charge in [0.05, 0.1) is 11.8 Å². The lowest BCUT2D eigenvalue weighted by Crippen LogP contribution is -2.41. The van der Waals surface area contributed by atoms with Crippen LogP contribution in [0.4, 0.5) is 0 Å². The summed E-state index contributed by atoms with van der Waals surface area (Å²) in [6.45, 7) is 5.19. The monoisotopic (exact) mass is 370 g/mol. The fourth-order valence-corrected chi connectivity index (χ4v) is 3.39. The van der Waals surface area contributed by atoms with Gasteiger partial charge in [0.25, 0.3) is 5.91 Å². The molecule has 0 radical (unpaired) electrons. The Morgan fingerprint density at radius 1 is 1.22 bits per heavy atom. The fourth-order valence-electron chi connectivity index (χ4n) is 3.39. The normalized spacial score (nSPS) is 16.0. The van der Waals surface area contributed by atoms with Crippen LogP contribution in [0.2, 0.25) is 0 Å². The lowest BCUT2D eigenvalue weighted by Gasteiger charge is -2.32. The minimum atomic E-state index is -0.0525. The molecule has 0 bridgehead atoms. The van der Waals surface area contributed by atoms with Crippen LogP contribution < -0.4 is 5.32 Å². The number of aromatic nitrogens is 3. The molecule has 7 nitrogen and oxygen atoms in total. The molecule has 1 aliphatic heterocycles. The third-order valence-corrected chi connectivity index (χ3v) is 5.16. The van der Waals surface area contributed by atoms with Crippen molar-refractivity contribution < 1.29 is 4.79 Å². The Morgan fingerprint density at radius 3 is 2.67 bits per heavy atom. The van der Waals surface area contributed by atoms with E-state index in [0.29, 0.717) is 11.5 Å². The van der Waals surface area contributed by atoms with Crippen LogP contribution in [0, 0.1) is 5.92 Å². The largest absolute Gasteiger partial charge is 0.352 e. The van der Waals surface area contributed by atoms with E-state index in [1.54, 1.807) is 23.3 Å². The molecule has 0 atom stereocenters. The van der Waals surface area contributed by atoms with Crippen LogP contribution in [0.3, 0.4) is 0 Å². The summed E-state index contributed by atoms with van der Waals surface area (Å²) in [7, 11) is 6.10. The van der Waals surface area contributed by atoms with Crippen molar-refractivity contribution in [3.05, 3.63) is 36.4 Å². The van der Waals surface area contributed by atoms with E-state index in [1.165, 1.54) is 0 Å². The quantitative estimate of drug-likeness (QED) is 0.800. The van der Waals surface area contributed by atoms with E-state index in [1.807, 2.05) is 19.3 Å². The molecule has 27 heavy (non-hydrogen) atoms. The Kier molecular flexibility index (Phi) is 6.58. The van der Waals surface area contributed by atoms with E-state index >= 15 is 0 Å². The van der Waals surface area contributed by atoms with Crippen LogP contribution >= 0.6 is 0 Å². The van der Waals surface area contributed by atoms with Crippen molar-refractivity contribution in [1.29, 1.82) is 0 Å². The Labute approximate surface area is 161 Å². The topological polar surface area (TPSA) is 66.3 Å². The molecule has 0 spiro atoms. The first-order valence-electron chi connectivity index (χ1n) is 9.60. The molecule has 1 fully saturated rings. The summed E-state index contributed by atoms with van der Waals surface area (Å²) < 4.78 is 1.74. The summed E-state index contributed by atoms with van der Waals surface area (Å²) in [6.07, 6.45) is 9.37. The number of amides is 1. The first-order valence-corrected chi connectivity index (χ1v) is 9.60. The highest BCUT2D eigenvalue weighted by Crippen LogP contribution is 2.19. The zero-order chi connectivity index (χ0) is 19.2. The van der Waals surface area contributed by atoms with Crippen molar-refractivity contribution in [3.8, 4) is 11.1 Å². The molecular formula is C20H30N6O. The first-order chi connectivity index (χ1) is 13.0. The number of piperidine rings is 1. The maximum absolute atomic E-state index is 12.5. The van der Waals surface area contributed by atoms with Crippen LogP contribution in [0.15, 0.2) is 30.9 Å². The summed E-state index contributed by atoms with van der Waals surface area (Å²) in [6, 6.07) is 1.88. The van der Waals surface area contributed by atoms with Crippen LogP contribution in [-0.4, -0.2) is 77.3 Å². The minimum Gasteiger partial charge on any atom is -0.352 e. The number of likely N-dealkylation sites (tertiary alicyclic amines) is 1. The number of nitrogens with zero attached hydrogens (tertiary/aromatic N) is 5. The second-order valence-electron chi connectivity index (χ2n) is 7.66. The molecule has 3 heterocycles. The number of carbonyl (C=O) groups is 1. The summed E-state index contributed by atoms with van der Waals surface area (Å²) in [5.41, 5.74) is 2.47. The van der Waals surface area contributed by atoms with Gasteiger partial charge in [-0.2, -0.15) is 5.10 Å². The molecule has 1 saturated heterocycles. The average Bonchev–Trinajstić information content (AvgIpc) is 3.12. The molecule has 0 saturated carbocycles. The molecule has 146 valence electrons. The Balaban J connectivity index is 1.47. The standard InChI is InChI=1S/C20H30N6O/c1-24(2)8-9-26-6-4-16(5-7-26)11-22-20(27)18-10-17(12-21-13-18)19-14-23-25(3)15-19/h10,12-16H,4-9,11H2,1-3H3,(H,22,27). The van der Waals surface area contributed by atoms with Crippen LogP contribution in [0.1, 0.15) is 23.2 Å². The predicted octanol–water partition coefficient (Wildman–Crippen LogP) is 1.49. The smallest absolute Gasteiger partial charge is 0.252 e. The maximum atomic E-state index is 12.5. The van der Waals surface area contributed by atoms with Gasteiger partial charge in [0.2, 0.25) is 0 Å². The van der Waals surface area contributed by atoms with Gasteiger partial charge >= 0.3 is 0 Å². The van der Waals surface area contributed by atoms with Crippen molar-refractivity contribution in [3.63, 3.8) is 0 Å². The highest BCUT2D eigenvalue weighted by atomic mass is 16.1. The third-order valence-electron chi connectivity index (χ3n) is 5.16. The van der Waals surface area contributed by atoms with E-state index in [-0.39, 0.29) is 5.91 Å². The van der Waals surface area contributed by atoms with E-state index in [4.69, 9.17) is 0 Å². The Morgan fingerprint density at radius 2 is 2.00 bits per heavy atom. The second-order valence-corrected chi connectivity index (χ2v) is 7.66.